The predicted octanol–water partition coefficient (Wildman–Crippen LogP) is 0.796. The summed E-state index contributed by atoms with van der Waals surface area (Å²) in [5.74, 6) is -0.273. The predicted molar refractivity (Wildman–Crippen MR) is 96.1 cm³/mol. The molecular formula is C16H23N5O3S. The topological polar surface area (TPSA) is 93.3 Å². The number of amides is 1. The van der Waals surface area contributed by atoms with Crippen LogP contribution in [0.3, 0.4) is 0 Å². The zero-order chi connectivity index (χ0) is 18.4. The molecule has 25 heavy (non-hydrogen) atoms. The Bertz CT molecular complexity index is 784. The van der Waals surface area contributed by atoms with Gasteiger partial charge in [0.2, 0.25) is 0 Å². The molecule has 0 atom stereocenters. The maximum Gasteiger partial charge on any atom is 0.273 e. The first-order chi connectivity index (χ1) is 11.9. The highest BCUT2D eigenvalue weighted by atomic mass is 32.2. The van der Waals surface area contributed by atoms with E-state index in [0.717, 1.165) is 6.54 Å². The zero-order valence-corrected chi connectivity index (χ0v) is 15.7. The van der Waals surface area contributed by atoms with Gasteiger partial charge in [0.1, 0.15) is 6.26 Å². The Morgan fingerprint density at radius 1 is 1.44 bits per heavy atom. The van der Waals surface area contributed by atoms with E-state index in [1.54, 1.807) is 17.7 Å². The first-order valence-electron chi connectivity index (χ1n) is 7.90. The summed E-state index contributed by atoms with van der Waals surface area (Å²) in [5, 5.41) is 7.25. The number of aromatic nitrogens is 3. The third-order valence-corrected chi connectivity index (χ3v) is 4.36. The minimum Gasteiger partial charge on any atom is -0.364 e. The van der Waals surface area contributed by atoms with Gasteiger partial charge in [-0.15, -0.1) is 0 Å². The summed E-state index contributed by atoms with van der Waals surface area (Å²) in [4.78, 5) is 30.8. The van der Waals surface area contributed by atoms with Crippen LogP contribution in [0.2, 0.25) is 0 Å². The maximum absolute atomic E-state index is 12.3. The Balaban J connectivity index is 2.08. The van der Waals surface area contributed by atoms with E-state index in [1.807, 2.05) is 25.3 Å². The molecule has 0 aliphatic heterocycles. The van der Waals surface area contributed by atoms with Crippen LogP contribution in [0.15, 0.2) is 26.9 Å². The van der Waals surface area contributed by atoms with Crippen LogP contribution in [-0.2, 0) is 13.0 Å². The standard InChI is InChI=1S/C16H23N5O3S/c1-11-9-18-16(25-4)21(15(11)23)7-5-12-10-24-19-13(12)14(22)17-6-8-20(2)3/h9-10H,5-8H2,1-4H3,(H,17,22). The van der Waals surface area contributed by atoms with Gasteiger partial charge < -0.3 is 14.7 Å². The Kier molecular flexibility index (Phi) is 6.77. The summed E-state index contributed by atoms with van der Waals surface area (Å²) in [6.45, 7) is 3.40. The van der Waals surface area contributed by atoms with Crippen LogP contribution in [0.1, 0.15) is 21.6 Å². The van der Waals surface area contributed by atoms with E-state index in [-0.39, 0.29) is 17.2 Å². The molecule has 0 aliphatic carbocycles. The number of hydrogen-bond donors (Lipinski definition) is 1. The van der Waals surface area contributed by atoms with Gasteiger partial charge >= 0.3 is 0 Å². The second-order valence-corrected chi connectivity index (χ2v) is 6.66. The first kappa shape index (κ1) is 19.2. The van der Waals surface area contributed by atoms with E-state index in [0.29, 0.717) is 35.8 Å². The highest BCUT2D eigenvalue weighted by Crippen LogP contribution is 2.13. The number of nitrogens with zero attached hydrogens (tertiary/aromatic N) is 4. The molecule has 0 spiro atoms. The number of hydrogen-bond acceptors (Lipinski definition) is 7. The van der Waals surface area contributed by atoms with Gasteiger partial charge in [0, 0.05) is 37.0 Å². The highest BCUT2D eigenvalue weighted by molar-refractivity contribution is 7.98. The van der Waals surface area contributed by atoms with Crippen LogP contribution < -0.4 is 10.9 Å². The Morgan fingerprint density at radius 2 is 2.20 bits per heavy atom. The summed E-state index contributed by atoms with van der Waals surface area (Å²) in [5.41, 5.74) is 1.44. The van der Waals surface area contributed by atoms with Gasteiger partial charge in [0.05, 0.1) is 0 Å². The molecule has 0 aliphatic rings. The molecule has 2 rings (SSSR count). The lowest BCUT2D eigenvalue weighted by atomic mass is 10.1. The summed E-state index contributed by atoms with van der Waals surface area (Å²) < 4.78 is 6.58. The monoisotopic (exact) mass is 365 g/mol. The van der Waals surface area contributed by atoms with Crippen LogP contribution in [0.25, 0.3) is 0 Å². The number of rotatable bonds is 8. The molecule has 2 aromatic heterocycles. The fourth-order valence-electron chi connectivity index (χ4n) is 2.27. The first-order valence-corrected chi connectivity index (χ1v) is 9.13. The molecule has 0 saturated carbocycles. The minimum atomic E-state index is -0.273. The average molecular weight is 365 g/mol. The number of aryl methyl sites for hydroxylation is 2. The maximum atomic E-state index is 12.3. The van der Waals surface area contributed by atoms with E-state index in [1.165, 1.54) is 18.0 Å². The third kappa shape index (κ3) is 4.93. The van der Waals surface area contributed by atoms with Crippen molar-refractivity contribution < 1.29 is 9.32 Å². The Hall–Kier alpha value is -2.13. The van der Waals surface area contributed by atoms with E-state index in [2.05, 4.69) is 15.5 Å². The molecule has 2 heterocycles. The van der Waals surface area contributed by atoms with Gasteiger partial charge in [0.25, 0.3) is 11.5 Å². The molecular weight excluding hydrogens is 342 g/mol. The highest BCUT2D eigenvalue weighted by Gasteiger charge is 2.17. The van der Waals surface area contributed by atoms with Crippen LogP contribution in [0, 0.1) is 6.92 Å². The largest absolute Gasteiger partial charge is 0.364 e. The zero-order valence-electron chi connectivity index (χ0n) is 14.9. The van der Waals surface area contributed by atoms with E-state index in [4.69, 9.17) is 4.52 Å². The summed E-state index contributed by atoms with van der Waals surface area (Å²) in [6.07, 6.45) is 5.36. The molecule has 1 N–H and O–H groups in total. The normalized spacial score (nSPS) is 11.1. The number of likely N-dealkylation sites (N-methyl/N-ethyl adjacent to an activating group) is 1. The smallest absolute Gasteiger partial charge is 0.273 e. The van der Waals surface area contributed by atoms with Crippen molar-refractivity contribution in [1.82, 2.24) is 24.9 Å². The van der Waals surface area contributed by atoms with Gasteiger partial charge in [-0.1, -0.05) is 16.9 Å². The van der Waals surface area contributed by atoms with Crippen molar-refractivity contribution in [3.63, 3.8) is 0 Å². The summed E-state index contributed by atoms with van der Waals surface area (Å²) >= 11 is 1.41. The van der Waals surface area contributed by atoms with Crippen LogP contribution in [-0.4, -0.2) is 59.0 Å². The molecule has 2 aromatic rings. The second kappa shape index (κ2) is 8.82. The van der Waals surface area contributed by atoms with Crippen molar-refractivity contribution in [3.05, 3.63) is 39.6 Å². The van der Waals surface area contributed by atoms with Crippen molar-refractivity contribution >= 4 is 17.7 Å². The van der Waals surface area contributed by atoms with Crippen molar-refractivity contribution in [1.29, 1.82) is 0 Å². The molecule has 8 nitrogen and oxygen atoms in total. The van der Waals surface area contributed by atoms with E-state index in [9.17, 15) is 9.59 Å². The minimum absolute atomic E-state index is 0.0761. The Labute approximate surface area is 150 Å². The quantitative estimate of drug-likeness (QED) is 0.546. The van der Waals surface area contributed by atoms with E-state index >= 15 is 0 Å². The number of thioether (sulfide) groups is 1. The molecule has 136 valence electrons. The fraction of sp³-hybridized carbons (Fsp3) is 0.500. The molecule has 0 radical (unpaired) electrons. The lowest BCUT2D eigenvalue weighted by Crippen LogP contribution is -2.32. The molecule has 0 aromatic carbocycles. The second-order valence-electron chi connectivity index (χ2n) is 5.88. The number of carbonyl (C=O) groups excluding carboxylic acids is 1. The van der Waals surface area contributed by atoms with Gasteiger partial charge in [-0.2, -0.15) is 0 Å². The van der Waals surface area contributed by atoms with Crippen molar-refractivity contribution in [2.75, 3.05) is 33.4 Å². The number of nitrogens with one attached hydrogen (secondary N) is 1. The lowest BCUT2D eigenvalue weighted by molar-refractivity contribution is 0.0941. The third-order valence-electron chi connectivity index (χ3n) is 3.67. The molecule has 0 bridgehead atoms. The van der Waals surface area contributed by atoms with Crippen LogP contribution in [0.4, 0.5) is 0 Å². The van der Waals surface area contributed by atoms with Gasteiger partial charge in [-0.3, -0.25) is 14.2 Å². The molecule has 0 fully saturated rings. The summed E-state index contributed by atoms with van der Waals surface area (Å²) in [7, 11) is 3.87. The number of carbonyl (C=O) groups is 1. The molecule has 0 unspecified atom stereocenters. The van der Waals surface area contributed by atoms with Crippen molar-refractivity contribution in [2.24, 2.45) is 0 Å². The SMILES string of the molecule is CSc1ncc(C)c(=O)n1CCc1conc1C(=O)NCCN(C)C. The molecule has 0 saturated heterocycles. The van der Waals surface area contributed by atoms with Crippen LogP contribution in [0.5, 0.6) is 0 Å². The summed E-state index contributed by atoms with van der Waals surface area (Å²) in [6, 6.07) is 0. The van der Waals surface area contributed by atoms with E-state index < -0.39 is 0 Å². The van der Waals surface area contributed by atoms with Gasteiger partial charge in [-0.05, 0) is 33.7 Å². The molecule has 1 amide bonds. The van der Waals surface area contributed by atoms with Crippen LogP contribution >= 0.6 is 11.8 Å². The fourth-order valence-corrected chi connectivity index (χ4v) is 2.82. The average Bonchev–Trinajstić information content (AvgIpc) is 3.04. The van der Waals surface area contributed by atoms with Gasteiger partial charge in [0.15, 0.2) is 10.9 Å². The molecule has 9 heteroatoms. The van der Waals surface area contributed by atoms with Crippen molar-refractivity contribution in [2.45, 2.75) is 25.0 Å². The van der Waals surface area contributed by atoms with Crippen molar-refractivity contribution in [3.8, 4) is 0 Å². The Morgan fingerprint density at radius 3 is 2.88 bits per heavy atom. The van der Waals surface area contributed by atoms with Gasteiger partial charge in [-0.25, -0.2) is 4.98 Å². The lowest BCUT2D eigenvalue weighted by Gasteiger charge is -2.11.